The van der Waals surface area contributed by atoms with Crippen molar-refractivity contribution in [2.45, 2.75) is 31.7 Å². The van der Waals surface area contributed by atoms with E-state index in [-0.39, 0.29) is 22.9 Å². The summed E-state index contributed by atoms with van der Waals surface area (Å²) in [4.78, 5) is 12.0. The fourth-order valence-corrected chi connectivity index (χ4v) is 5.79. The molecule has 1 fully saturated rings. The summed E-state index contributed by atoms with van der Waals surface area (Å²) in [5, 5.41) is 8.98. The van der Waals surface area contributed by atoms with Crippen LogP contribution < -0.4 is 9.03 Å². The topological polar surface area (TPSA) is 121 Å². The van der Waals surface area contributed by atoms with Crippen LogP contribution in [0.25, 0.3) is 0 Å². The maximum absolute atomic E-state index is 12.3. The lowest BCUT2D eigenvalue weighted by Gasteiger charge is -2.18. The highest BCUT2D eigenvalue weighted by Crippen LogP contribution is 2.30. The molecule has 8 nitrogen and oxygen atoms in total. The fourth-order valence-electron chi connectivity index (χ4n) is 2.51. The molecule has 0 spiro atoms. The molecule has 1 aromatic carbocycles. The van der Waals surface area contributed by atoms with Gasteiger partial charge in [0.1, 0.15) is 0 Å². The van der Waals surface area contributed by atoms with Crippen LogP contribution in [0.2, 0.25) is 0 Å². The molecule has 2 rings (SSSR count). The minimum absolute atomic E-state index is 0.0383. The Kier molecular flexibility index (Phi) is 5.05. The van der Waals surface area contributed by atoms with E-state index in [1.165, 1.54) is 39.0 Å². The Balaban J connectivity index is 2.43. The first-order chi connectivity index (χ1) is 11.0. The number of hydrogen-bond donors (Lipinski definition) is 2. The Morgan fingerprint density at radius 2 is 2.04 bits per heavy atom. The third-order valence-corrected chi connectivity index (χ3v) is 7.29. The van der Waals surface area contributed by atoms with Crippen LogP contribution in [-0.2, 0) is 24.8 Å². The average Bonchev–Trinajstić information content (AvgIpc) is 2.65. The molecule has 134 valence electrons. The predicted molar refractivity (Wildman–Crippen MR) is 88.5 cm³/mol. The number of hydrogen-bond acceptors (Lipinski definition) is 6. The van der Waals surface area contributed by atoms with Crippen LogP contribution in [0, 0.1) is 12.8 Å². The number of aliphatic hydroxyl groups is 1. The summed E-state index contributed by atoms with van der Waals surface area (Å²) in [5.41, 5.74) is 0.420. The first kappa shape index (κ1) is 18.8. The maximum Gasteiger partial charge on any atom is 0.244 e. The van der Waals surface area contributed by atoms with Gasteiger partial charge in [-0.3, -0.25) is 4.79 Å². The monoisotopic (exact) mass is 376 g/mol. The molecule has 1 saturated heterocycles. The maximum atomic E-state index is 12.3. The Hall–Kier alpha value is -1.49. The van der Waals surface area contributed by atoms with E-state index in [1.807, 2.05) is 0 Å². The zero-order valence-corrected chi connectivity index (χ0v) is 15.2. The van der Waals surface area contributed by atoms with Crippen molar-refractivity contribution in [3.8, 4) is 0 Å². The molecule has 10 heteroatoms. The number of benzene rings is 1. The standard InChI is InChI=1S/C14H20N2O6S2/c1-9-6-12(16-14(18)10(2)8-23(16,19)20)4-5-13(9)24(21,22)15-11(3)7-17/h4-6,10-11,15,17H,7-8H2,1-3H3/t10?,11-/m0/s1. The molecule has 2 atom stereocenters. The number of nitrogens with one attached hydrogen (secondary N) is 1. The number of amides is 1. The molecule has 24 heavy (non-hydrogen) atoms. The quantitative estimate of drug-likeness (QED) is 0.744. The summed E-state index contributed by atoms with van der Waals surface area (Å²) < 4.78 is 51.8. The van der Waals surface area contributed by atoms with Gasteiger partial charge >= 0.3 is 0 Å². The SMILES string of the molecule is Cc1cc(N2C(=O)C(C)CS2(=O)=O)ccc1S(=O)(=O)N[C@@H](C)CO. The molecular weight excluding hydrogens is 356 g/mol. The summed E-state index contributed by atoms with van der Waals surface area (Å²) in [6, 6.07) is 3.24. The lowest BCUT2D eigenvalue weighted by Crippen LogP contribution is -2.35. The minimum atomic E-state index is -3.86. The van der Waals surface area contributed by atoms with Gasteiger partial charge in [-0.2, -0.15) is 0 Å². The highest BCUT2D eigenvalue weighted by atomic mass is 32.2. The molecule has 0 aromatic heterocycles. The average molecular weight is 376 g/mol. The third-order valence-electron chi connectivity index (χ3n) is 3.67. The Bertz CT molecular complexity index is 863. The van der Waals surface area contributed by atoms with Gasteiger partial charge in [-0.15, -0.1) is 0 Å². The molecular formula is C14H20N2O6S2. The first-order valence-corrected chi connectivity index (χ1v) is 10.4. The van der Waals surface area contributed by atoms with Gasteiger partial charge in [-0.25, -0.2) is 25.9 Å². The van der Waals surface area contributed by atoms with E-state index in [1.54, 1.807) is 0 Å². The van der Waals surface area contributed by atoms with Crippen LogP contribution in [0.4, 0.5) is 5.69 Å². The van der Waals surface area contributed by atoms with Gasteiger partial charge in [0.15, 0.2) is 0 Å². The van der Waals surface area contributed by atoms with Crippen LogP contribution in [0.1, 0.15) is 19.4 Å². The van der Waals surface area contributed by atoms with E-state index in [9.17, 15) is 21.6 Å². The zero-order chi connectivity index (χ0) is 18.3. The summed E-state index contributed by atoms with van der Waals surface area (Å²) in [6.45, 7) is 4.21. The van der Waals surface area contributed by atoms with Crippen LogP contribution >= 0.6 is 0 Å². The number of sulfonamides is 2. The zero-order valence-electron chi connectivity index (χ0n) is 13.6. The molecule has 1 heterocycles. The molecule has 1 aromatic rings. The van der Waals surface area contributed by atoms with Crippen molar-refractivity contribution in [1.29, 1.82) is 0 Å². The number of aryl methyl sites for hydroxylation is 1. The van der Waals surface area contributed by atoms with Crippen molar-refractivity contribution in [3.63, 3.8) is 0 Å². The first-order valence-electron chi connectivity index (χ1n) is 7.30. The third kappa shape index (κ3) is 3.46. The molecule has 0 bridgehead atoms. The second-order valence-electron chi connectivity index (χ2n) is 5.94. The van der Waals surface area contributed by atoms with E-state index < -0.39 is 37.9 Å². The van der Waals surface area contributed by atoms with Gasteiger partial charge in [-0.05, 0) is 37.6 Å². The van der Waals surface area contributed by atoms with E-state index in [2.05, 4.69) is 4.72 Å². The van der Waals surface area contributed by atoms with E-state index in [0.29, 0.717) is 5.56 Å². The van der Waals surface area contributed by atoms with Crippen molar-refractivity contribution in [2.75, 3.05) is 16.7 Å². The Morgan fingerprint density at radius 3 is 2.50 bits per heavy atom. The number of nitrogens with zero attached hydrogens (tertiary/aromatic N) is 1. The smallest absolute Gasteiger partial charge is 0.244 e. The minimum Gasteiger partial charge on any atom is -0.395 e. The second kappa shape index (κ2) is 6.43. The molecule has 2 N–H and O–H groups in total. The Morgan fingerprint density at radius 1 is 1.42 bits per heavy atom. The molecule has 1 aliphatic heterocycles. The van der Waals surface area contributed by atoms with Crippen molar-refractivity contribution in [3.05, 3.63) is 23.8 Å². The number of anilines is 1. The van der Waals surface area contributed by atoms with Crippen LogP contribution in [0.3, 0.4) is 0 Å². The lowest BCUT2D eigenvalue weighted by atomic mass is 10.2. The van der Waals surface area contributed by atoms with Gasteiger partial charge in [0.05, 0.1) is 28.9 Å². The highest BCUT2D eigenvalue weighted by molar-refractivity contribution is 7.94. The number of aliphatic hydroxyl groups excluding tert-OH is 1. The van der Waals surface area contributed by atoms with Gasteiger partial charge < -0.3 is 5.11 Å². The molecule has 0 aliphatic carbocycles. The summed E-state index contributed by atoms with van der Waals surface area (Å²) in [7, 11) is -7.60. The van der Waals surface area contributed by atoms with Gasteiger partial charge in [0.2, 0.25) is 26.0 Å². The molecule has 1 aliphatic rings. The largest absolute Gasteiger partial charge is 0.395 e. The van der Waals surface area contributed by atoms with Gasteiger partial charge in [-0.1, -0.05) is 6.92 Å². The normalized spacial score (nSPS) is 21.9. The van der Waals surface area contributed by atoms with Crippen molar-refractivity contribution in [1.82, 2.24) is 4.72 Å². The summed E-state index contributed by atoms with van der Waals surface area (Å²) in [6.07, 6.45) is 0. The number of carbonyl (C=O) groups is 1. The molecule has 1 unspecified atom stereocenters. The van der Waals surface area contributed by atoms with Gasteiger partial charge in [0, 0.05) is 6.04 Å². The molecule has 0 radical (unpaired) electrons. The van der Waals surface area contributed by atoms with Crippen molar-refractivity contribution < 1.29 is 26.7 Å². The van der Waals surface area contributed by atoms with Crippen molar-refractivity contribution >= 4 is 31.6 Å². The van der Waals surface area contributed by atoms with E-state index in [4.69, 9.17) is 5.11 Å². The summed E-state index contributed by atoms with van der Waals surface area (Å²) >= 11 is 0. The fraction of sp³-hybridized carbons (Fsp3) is 0.500. The number of carbonyl (C=O) groups excluding carboxylic acids is 1. The van der Waals surface area contributed by atoms with Gasteiger partial charge in [0.25, 0.3) is 0 Å². The van der Waals surface area contributed by atoms with E-state index >= 15 is 0 Å². The van der Waals surface area contributed by atoms with Crippen LogP contribution in [0.15, 0.2) is 23.1 Å². The lowest BCUT2D eigenvalue weighted by molar-refractivity contribution is -0.119. The molecule has 1 amide bonds. The number of rotatable bonds is 5. The van der Waals surface area contributed by atoms with Crippen LogP contribution in [-0.4, -0.2) is 46.3 Å². The predicted octanol–water partition coefficient (Wildman–Crippen LogP) is -0.0334. The summed E-state index contributed by atoms with van der Waals surface area (Å²) in [5.74, 6) is -1.43. The van der Waals surface area contributed by atoms with Crippen LogP contribution in [0.5, 0.6) is 0 Å². The highest BCUT2D eigenvalue weighted by Gasteiger charge is 2.42. The van der Waals surface area contributed by atoms with E-state index in [0.717, 1.165) is 4.31 Å². The molecule has 0 saturated carbocycles. The Labute approximate surface area is 141 Å². The second-order valence-corrected chi connectivity index (χ2v) is 9.48. The van der Waals surface area contributed by atoms with Crippen molar-refractivity contribution in [2.24, 2.45) is 5.92 Å².